The fourth-order valence-corrected chi connectivity index (χ4v) is 3.82. The van der Waals surface area contributed by atoms with Crippen LogP contribution in [0.15, 0.2) is 41.3 Å². The predicted octanol–water partition coefficient (Wildman–Crippen LogP) is 2.70. The first-order chi connectivity index (χ1) is 11.1. The third-order valence-electron chi connectivity index (χ3n) is 3.93. The van der Waals surface area contributed by atoms with Gasteiger partial charge in [-0.25, -0.2) is 13.1 Å². The van der Waals surface area contributed by atoms with E-state index in [1.807, 2.05) is 25.1 Å². The molecule has 0 unspecified atom stereocenters. The second-order valence-corrected chi connectivity index (χ2v) is 7.36. The lowest BCUT2D eigenvalue weighted by molar-refractivity contribution is 0.114. The molecule has 0 saturated carbocycles. The fourth-order valence-electron chi connectivity index (χ4n) is 2.72. The van der Waals surface area contributed by atoms with Crippen molar-refractivity contribution >= 4 is 20.8 Å². The third-order valence-corrected chi connectivity index (χ3v) is 5.35. The molecule has 6 heteroatoms. The molecule has 0 aromatic heterocycles. The zero-order valence-corrected chi connectivity index (χ0v) is 13.9. The summed E-state index contributed by atoms with van der Waals surface area (Å²) in [6.45, 7) is 3.57. The largest absolute Gasteiger partial charge is 0.494 e. The molecule has 5 nitrogen and oxygen atoms in total. The number of ether oxygens (including phenoxy) is 2. The first-order valence-electron chi connectivity index (χ1n) is 7.86. The van der Waals surface area contributed by atoms with Crippen molar-refractivity contribution in [2.45, 2.75) is 30.8 Å². The van der Waals surface area contributed by atoms with E-state index < -0.39 is 10.0 Å². The summed E-state index contributed by atoms with van der Waals surface area (Å²) < 4.78 is 38.4. The van der Waals surface area contributed by atoms with Crippen LogP contribution in [-0.2, 0) is 14.8 Å². The Bertz CT molecular complexity index is 782. The van der Waals surface area contributed by atoms with Crippen molar-refractivity contribution in [1.29, 1.82) is 0 Å². The number of fused-ring (bicyclic) bond motifs is 1. The van der Waals surface area contributed by atoms with Crippen molar-refractivity contribution < 1.29 is 17.9 Å². The summed E-state index contributed by atoms with van der Waals surface area (Å²) in [5.41, 5.74) is 0. The molecular formula is C17H21NO4S. The minimum atomic E-state index is -3.52. The monoisotopic (exact) mass is 335 g/mol. The van der Waals surface area contributed by atoms with Gasteiger partial charge in [0.2, 0.25) is 10.0 Å². The lowest BCUT2D eigenvalue weighted by atomic mass is 10.1. The molecule has 23 heavy (non-hydrogen) atoms. The summed E-state index contributed by atoms with van der Waals surface area (Å²) in [6, 6.07) is 10.7. The molecule has 1 aliphatic rings. The van der Waals surface area contributed by atoms with Gasteiger partial charge in [0.1, 0.15) is 5.75 Å². The van der Waals surface area contributed by atoms with Gasteiger partial charge in [-0.05, 0) is 54.8 Å². The Labute approximate surface area is 136 Å². The van der Waals surface area contributed by atoms with Gasteiger partial charge in [-0.2, -0.15) is 0 Å². The van der Waals surface area contributed by atoms with Crippen molar-refractivity contribution in [3.05, 3.63) is 36.4 Å². The van der Waals surface area contributed by atoms with E-state index in [2.05, 4.69) is 4.72 Å². The smallest absolute Gasteiger partial charge is 0.240 e. The van der Waals surface area contributed by atoms with E-state index in [0.29, 0.717) is 19.8 Å². The molecule has 1 N–H and O–H groups in total. The lowest BCUT2D eigenvalue weighted by Crippen LogP contribution is -2.31. The van der Waals surface area contributed by atoms with Crippen LogP contribution in [0.3, 0.4) is 0 Å². The first kappa shape index (κ1) is 16.2. The maximum Gasteiger partial charge on any atom is 0.240 e. The molecule has 1 atom stereocenters. The standard InChI is InChI=1S/C17H21NO4S/c1-2-21-15-7-5-14-11-17(8-6-13(14)10-15)23(19,20)18-12-16-4-3-9-22-16/h5-8,10-11,16,18H,2-4,9,12H2,1H3/t16-/m1/s1. The van der Waals surface area contributed by atoms with Crippen LogP contribution in [0.1, 0.15) is 19.8 Å². The van der Waals surface area contributed by atoms with Crippen molar-refractivity contribution in [2.75, 3.05) is 19.8 Å². The number of benzene rings is 2. The van der Waals surface area contributed by atoms with E-state index in [0.717, 1.165) is 29.4 Å². The van der Waals surface area contributed by atoms with Crippen LogP contribution in [0.4, 0.5) is 0 Å². The zero-order valence-electron chi connectivity index (χ0n) is 13.1. The molecule has 124 valence electrons. The summed E-state index contributed by atoms with van der Waals surface area (Å²) in [4.78, 5) is 0.271. The van der Waals surface area contributed by atoms with Gasteiger partial charge < -0.3 is 9.47 Å². The van der Waals surface area contributed by atoms with Gasteiger partial charge >= 0.3 is 0 Å². The molecule has 0 amide bonds. The Kier molecular flexibility index (Phi) is 4.84. The van der Waals surface area contributed by atoms with Crippen LogP contribution in [0.25, 0.3) is 10.8 Å². The molecule has 0 aliphatic carbocycles. The molecule has 0 bridgehead atoms. The summed E-state index contributed by atoms with van der Waals surface area (Å²) in [7, 11) is -3.52. The average molecular weight is 335 g/mol. The molecule has 1 heterocycles. The maximum atomic E-state index is 12.4. The highest BCUT2D eigenvalue weighted by Gasteiger charge is 2.20. The highest BCUT2D eigenvalue weighted by atomic mass is 32.2. The predicted molar refractivity (Wildman–Crippen MR) is 89.3 cm³/mol. The van der Waals surface area contributed by atoms with Gasteiger partial charge in [-0.1, -0.05) is 12.1 Å². The van der Waals surface area contributed by atoms with E-state index in [-0.39, 0.29) is 11.0 Å². The van der Waals surface area contributed by atoms with E-state index in [9.17, 15) is 8.42 Å². The molecule has 1 aliphatic heterocycles. The van der Waals surface area contributed by atoms with Crippen LogP contribution in [-0.4, -0.2) is 34.3 Å². The molecule has 1 saturated heterocycles. The Morgan fingerprint density at radius 1 is 1.22 bits per heavy atom. The normalized spacial score (nSPS) is 18.4. The number of rotatable bonds is 6. The highest BCUT2D eigenvalue weighted by Crippen LogP contribution is 2.24. The molecule has 1 fully saturated rings. The molecule has 3 rings (SSSR count). The molecular weight excluding hydrogens is 314 g/mol. The first-order valence-corrected chi connectivity index (χ1v) is 9.35. The van der Waals surface area contributed by atoms with Crippen LogP contribution in [0.2, 0.25) is 0 Å². The second kappa shape index (κ2) is 6.86. The van der Waals surface area contributed by atoms with E-state index >= 15 is 0 Å². The van der Waals surface area contributed by atoms with Crippen LogP contribution in [0, 0.1) is 0 Å². The minimum absolute atomic E-state index is 0.0148. The van der Waals surface area contributed by atoms with Crippen molar-refractivity contribution in [1.82, 2.24) is 4.72 Å². The maximum absolute atomic E-state index is 12.4. The number of hydrogen-bond acceptors (Lipinski definition) is 4. The van der Waals surface area contributed by atoms with Gasteiger partial charge in [-0.3, -0.25) is 0 Å². The molecule has 0 spiro atoms. The van der Waals surface area contributed by atoms with E-state index in [1.54, 1.807) is 18.2 Å². The highest BCUT2D eigenvalue weighted by molar-refractivity contribution is 7.89. The minimum Gasteiger partial charge on any atom is -0.494 e. The number of hydrogen-bond donors (Lipinski definition) is 1. The lowest BCUT2D eigenvalue weighted by Gasteiger charge is -2.12. The SMILES string of the molecule is CCOc1ccc2cc(S(=O)(=O)NC[C@H]3CCCO3)ccc2c1. The summed E-state index contributed by atoms with van der Waals surface area (Å²) in [6.07, 6.45) is 1.88. The quantitative estimate of drug-likeness (QED) is 0.881. The molecule has 2 aromatic carbocycles. The Morgan fingerprint density at radius 3 is 2.74 bits per heavy atom. The molecule has 0 radical (unpaired) electrons. The molecule has 2 aromatic rings. The zero-order chi connectivity index (χ0) is 16.3. The van der Waals surface area contributed by atoms with Crippen molar-refractivity contribution in [2.24, 2.45) is 0 Å². The van der Waals surface area contributed by atoms with Crippen LogP contribution < -0.4 is 9.46 Å². The van der Waals surface area contributed by atoms with Gasteiger partial charge in [-0.15, -0.1) is 0 Å². The average Bonchev–Trinajstić information content (AvgIpc) is 3.06. The van der Waals surface area contributed by atoms with E-state index in [1.165, 1.54) is 0 Å². The number of nitrogens with one attached hydrogen (secondary N) is 1. The van der Waals surface area contributed by atoms with Crippen molar-refractivity contribution in [3.63, 3.8) is 0 Å². The second-order valence-electron chi connectivity index (χ2n) is 5.59. The van der Waals surface area contributed by atoms with Gasteiger partial charge in [0, 0.05) is 13.2 Å². The van der Waals surface area contributed by atoms with Crippen LogP contribution in [0.5, 0.6) is 5.75 Å². The Balaban J connectivity index is 1.79. The van der Waals surface area contributed by atoms with Gasteiger partial charge in [0.05, 0.1) is 17.6 Å². The van der Waals surface area contributed by atoms with Crippen molar-refractivity contribution in [3.8, 4) is 5.75 Å². The Morgan fingerprint density at radius 2 is 2.00 bits per heavy atom. The fraction of sp³-hybridized carbons (Fsp3) is 0.412. The topological polar surface area (TPSA) is 64.6 Å². The van der Waals surface area contributed by atoms with E-state index in [4.69, 9.17) is 9.47 Å². The summed E-state index contributed by atoms with van der Waals surface area (Å²) in [5.74, 6) is 0.784. The third kappa shape index (κ3) is 3.83. The number of sulfonamides is 1. The summed E-state index contributed by atoms with van der Waals surface area (Å²) in [5, 5.41) is 1.82. The van der Waals surface area contributed by atoms with Crippen LogP contribution >= 0.6 is 0 Å². The summed E-state index contributed by atoms with van der Waals surface area (Å²) >= 11 is 0. The van der Waals surface area contributed by atoms with Gasteiger partial charge in [0.25, 0.3) is 0 Å². The Hall–Kier alpha value is -1.63. The van der Waals surface area contributed by atoms with Gasteiger partial charge in [0.15, 0.2) is 0 Å².